The Labute approximate surface area is 109 Å². The van der Waals surface area contributed by atoms with Gasteiger partial charge in [-0.3, -0.25) is 0 Å². The lowest BCUT2D eigenvalue weighted by Gasteiger charge is -2.14. The normalized spacial score (nSPS) is 15.8. The Morgan fingerprint density at radius 3 is 2.71 bits per heavy atom. The van der Waals surface area contributed by atoms with E-state index in [4.69, 9.17) is 5.73 Å². The Hall–Kier alpha value is -1.23. The molecule has 0 bridgehead atoms. The maximum atomic E-state index is 11.7. The molecule has 1 saturated carbocycles. The molecule has 0 spiro atoms. The average Bonchev–Trinajstić information content (AvgIpc) is 2.75. The largest absolute Gasteiger partial charge is 0.397 e. The van der Waals surface area contributed by atoms with Gasteiger partial charge in [-0.1, -0.05) is 28.8 Å². The lowest BCUT2D eigenvalue weighted by molar-refractivity contribution is 0.248. The van der Waals surface area contributed by atoms with Gasteiger partial charge in [0.1, 0.15) is 0 Å². The molecular weight excluding hydrogens is 282 g/mol. The molecule has 0 heterocycles. The maximum Gasteiger partial charge on any atom is 0.319 e. The van der Waals surface area contributed by atoms with Crippen molar-refractivity contribution in [2.75, 3.05) is 11.1 Å². The zero-order valence-electron chi connectivity index (χ0n) is 9.50. The van der Waals surface area contributed by atoms with E-state index < -0.39 is 0 Å². The number of nitrogen functional groups attached to an aromatic ring is 1. The first-order valence-corrected chi connectivity index (χ1v) is 6.57. The second-order valence-corrected chi connectivity index (χ2v) is 5.23. The predicted molar refractivity (Wildman–Crippen MR) is 73.0 cm³/mol. The number of rotatable bonds is 2. The fourth-order valence-corrected chi connectivity index (χ4v) is 2.44. The molecule has 5 heteroatoms. The highest BCUT2D eigenvalue weighted by Gasteiger charge is 2.17. The Kier molecular flexibility index (Phi) is 3.89. The summed E-state index contributed by atoms with van der Waals surface area (Å²) in [5.74, 6) is 0. The minimum Gasteiger partial charge on any atom is -0.397 e. The SMILES string of the molecule is Nc1cc(Br)ccc1NC(=O)NC1CCCC1. The van der Waals surface area contributed by atoms with E-state index in [0.717, 1.165) is 17.3 Å². The smallest absolute Gasteiger partial charge is 0.319 e. The van der Waals surface area contributed by atoms with Crippen molar-refractivity contribution in [3.8, 4) is 0 Å². The molecule has 0 aliphatic heterocycles. The number of nitrogens with one attached hydrogen (secondary N) is 2. The lowest BCUT2D eigenvalue weighted by atomic mass is 10.2. The first kappa shape index (κ1) is 12.2. The molecule has 1 aliphatic carbocycles. The molecule has 1 aromatic carbocycles. The zero-order valence-corrected chi connectivity index (χ0v) is 11.1. The van der Waals surface area contributed by atoms with Crippen molar-refractivity contribution >= 4 is 33.3 Å². The van der Waals surface area contributed by atoms with Crippen LogP contribution in [-0.2, 0) is 0 Å². The number of benzene rings is 1. The molecule has 0 radical (unpaired) electrons. The zero-order chi connectivity index (χ0) is 12.3. The first-order chi connectivity index (χ1) is 8.15. The molecule has 1 aliphatic rings. The molecule has 0 atom stereocenters. The standard InChI is InChI=1S/C12H16BrN3O/c13-8-5-6-11(10(14)7-8)16-12(17)15-9-3-1-2-4-9/h5-7,9H,1-4,14H2,(H2,15,16,17). The van der Waals surface area contributed by atoms with E-state index in [-0.39, 0.29) is 6.03 Å². The second-order valence-electron chi connectivity index (χ2n) is 4.31. The van der Waals surface area contributed by atoms with Crippen LogP contribution >= 0.6 is 15.9 Å². The highest BCUT2D eigenvalue weighted by molar-refractivity contribution is 9.10. The van der Waals surface area contributed by atoms with Crippen LogP contribution in [0.15, 0.2) is 22.7 Å². The monoisotopic (exact) mass is 297 g/mol. The predicted octanol–water partition coefficient (Wildman–Crippen LogP) is 3.10. The van der Waals surface area contributed by atoms with Crippen LogP contribution in [0.5, 0.6) is 0 Å². The van der Waals surface area contributed by atoms with Crippen LogP contribution in [0.25, 0.3) is 0 Å². The van der Waals surface area contributed by atoms with Crippen LogP contribution in [0.1, 0.15) is 25.7 Å². The molecule has 4 nitrogen and oxygen atoms in total. The van der Waals surface area contributed by atoms with E-state index >= 15 is 0 Å². The van der Waals surface area contributed by atoms with Crippen LogP contribution in [0, 0.1) is 0 Å². The highest BCUT2D eigenvalue weighted by Crippen LogP contribution is 2.23. The number of urea groups is 1. The van der Waals surface area contributed by atoms with Gasteiger partial charge >= 0.3 is 6.03 Å². The third-order valence-corrected chi connectivity index (χ3v) is 3.45. The molecule has 0 aromatic heterocycles. The summed E-state index contributed by atoms with van der Waals surface area (Å²) in [7, 11) is 0. The van der Waals surface area contributed by atoms with E-state index in [2.05, 4.69) is 26.6 Å². The maximum absolute atomic E-state index is 11.7. The summed E-state index contributed by atoms with van der Waals surface area (Å²) in [5.41, 5.74) is 7.00. The summed E-state index contributed by atoms with van der Waals surface area (Å²) >= 11 is 3.33. The Morgan fingerprint density at radius 1 is 1.35 bits per heavy atom. The van der Waals surface area contributed by atoms with E-state index in [0.29, 0.717) is 17.4 Å². The van der Waals surface area contributed by atoms with Crippen LogP contribution in [0.3, 0.4) is 0 Å². The average molecular weight is 298 g/mol. The van der Waals surface area contributed by atoms with Crippen molar-refractivity contribution < 1.29 is 4.79 Å². The van der Waals surface area contributed by atoms with Gasteiger partial charge in [0.15, 0.2) is 0 Å². The molecule has 0 saturated heterocycles. The summed E-state index contributed by atoms with van der Waals surface area (Å²) in [4.78, 5) is 11.7. The number of nitrogens with two attached hydrogens (primary N) is 1. The molecule has 4 N–H and O–H groups in total. The summed E-state index contributed by atoms with van der Waals surface area (Å²) in [6.07, 6.45) is 4.54. The Morgan fingerprint density at radius 2 is 2.06 bits per heavy atom. The lowest BCUT2D eigenvalue weighted by Crippen LogP contribution is -2.36. The number of anilines is 2. The van der Waals surface area contributed by atoms with Gasteiger partial charge in [-0.15, -0.1) is 0 Å². The minimum atomic E-state index is -0.175. The fourth-order valence-electron chi connectivity index (χ4n) is 2.06. The molecule has 92 valence electrons. The Balaban J connectivity index is 1.93. The molecule has 17 heavy (non-hydrogen) atoms. The van der Waals surface area contributed by atoms with Gasteiger partial charge in [0, 0.05) is 10.5 Å². The number of hydrogen-bond donors (Lipinski definition) is 3. The number of halogens is 1. The minimum absolute atomic E-state index is 0.175. The molecule has 1 aromatic rings. The summed E-state index contributed by atoms with van der Waals surface area (Å²) in [6, 6.07) is 5.54. The number of carbonyl (C=O) groups is 1. The van der Waals surface area contributed by atoms with Gasteiger partial charge in [-0.2, -0.15) is 0 Å². The van der Waals surface area contributed by atoms with Crippen molar-refractivity contribution in [2.24, 2.45) is 0 Å². The third kappa shape index (κ3) is 3.36. The van der Waals surface area contributed by atoms with Gasteiger partial charge in [0.05, 0.1) is 11.4 Å². The molecule has 1 fully saturated rings. The van der Waals surface area contributed by atoms with E-state index in [1.165, 1.54) is 12.8 Å². The first-order valence-electron chi connectivity index (χ1n) is 5.77. The van der Waals surface area contributed by atoms with Crippen LogP contribution in [-0.4, -0.2) is 12.1 Å². The van der Waals surface area contributed by atoms with Crippen molar-refractivity contribution in [3.05, 3.63) is 22.7 Å². The summed E-state index contributed by atoms with van der Waals surface area (Å²) < 4.78 is 0.900. The van der Waals surface area contributed by atoms with Gasteiger partial charge in [-0.05, 0) is 31.0 Å². The molecule has 2 rings (SSSR count). The van der Waals surface area contributed by atoms with Gasteiger partial charge in [0.2, 0.25) is 0 Å². The molecule has 2 amide bonds. The Bertz CT molecular complexity index is 416. The van der Waals surface area contributed by atoms with E-state index in [1.54, 1.807) is 12.1 Å². The second kappa shape index (κ2) is 5.40. The molecule has 0 unspecified atom stereocenters. The number of carbonyl (C=O) groups excluding carboxylic acids is 1. The number of hydrogen-bond acceptors (Lipinski definition) is 2. The number of amides is 2. The van der Waals surface area contributed by atoms with Crippen molar-refractivity contribution in [3.63, 3.8) is 0 Å². The third-order valence-electron chi connectivity index (χ3n) is 2.95. The van der Waals surface area contributed by atoms with Crippen molar-refractivity contribution in [1.82, 2.24) is 5.32 Å². The van der Waals surface area contributed by atoms with Gasteiger partial charge in [-0.25, -0.2) is 4.79 Å². The molecular formula is C12H16BrN3O. The van der Waals surface area contributed by atoms with Gasteiger partial charge in [0.25, 0.3) is 0 Å². The van der Waals surface area contributed by atoms with Crippen molar-refractivity contribution in [2.45, 2.75) is 31.7 Å². The van der Waals surface area contributed by atoms with Gasteiger partial charge < -0.3 is 16.4 Å². The van der Waals surface area contributed by atoms with E-state index in [9.17, 15) is 4.79 Å². The highest BCUT2D eigenvalue weighted by atomic mass is 79.9. The fraction of sp³-hybridized carbons (Fsp3) is 0.417. The van der Waals surface area contributed by atoms with E-state index in [1.807, 2.05) is 6.07 Å². The van der Waals surface area contributed by atoms with Crippen LogP contribution in [0.2, 0.25) is 0 Å². The van der Waals surface area contributed by atoms with Crippen LogP contribution < -0.4 is 16.4 Å². The van der Waals surface area contributed by atoms with Crippen molar-refractivity contribution in [1.29, 1.82) is 0 Å². The topological polar surface area (TPSA) is 67.1 Å². The summed E-state index contributed by atoms with van der Waals surface area (Å²) in [5, 5.41) is 5.72. The summed E-state index contributed by atoms with van der Waals surface area (Å²) in [6.45, 7) is 0. The quantitative estimate of drug-likeness (QED) is 0.734. The van der Waals surface area contributed by atoms with Crippen LogP contribution in [0.4, 0.5) is 16.2 Å².